The van der Waals surface area contributed by atoms with Gasteiger partial charge in [-0.1, -0.05) is 72.8 Å². The fourth-order valence-electron chi connectivity index (χ4n) is 4.90. The molecule has 0 bridgehead atoms. The van der Waals surface area contributed by atoms with Crippen LogP contribution < -0.4 is 4.74 Å². The van der Waals surface area contributed by atoms with Gasteiger partial charge in [0.25, 0.3) is 0 Å². The predicted molar refractivity (Wildman–Crippen MR) is 150 cm³/mol. The third-order valence-corrected chi connectivity index (χ3v) is 6.98. The lowest BCUT2D eigenvalue weighted by Gasteiger charge is -2.30. The van der Waals surface area contributed by atoms with Gasteiger partial charge in [0.15, 0.2) is 0 Å². The summed E-state index contributed by atoms with van der Waals surface area (Å²) in [4.78, 5) is 0. The van der Waals surface area contributed by atoms with Gasteiger partial charge in [0.1, 0.15) is 29.6 Å². The molecule has 0 aliphatic rings. The molecule has 3 N–H and O–H groups in total. The lowest BCUT2D eigenvalue weighted by molar-refractivity contribution is 0.305. The van der Waals surface area contributed by atoms with E-state index in [-0.39, 0.29) is 29.1 Å². The van der Waals surface area contributed by atoms with Gasteiger partial charge in [0, 0.05) is 11.8 Å². The quantitative estimate of drug-likeness (QED) is 0.204. The number of phenols is 3. The highest BCUT2D eigenvalue weighted by Gasteiger charge is 2.28. The Kier molecular flexibility index (Phi) is 7.32. The van der Waals surface area contributed by atoms with Gasteiger partial charge in [-0.05, 0) is 88.8 Å². The smallest absolute Gasteiger partial charge is 0.119 e. The number of ether oxygens (including phenoxy) is 1. The Labute approximate surface area is 223 Å². The Morgan fingerprint density at radius 3 is 1.26 bits per heavy atom. The van der Waals surface area contributed by atoms with E-state index in [0.29, 0.717) is 6.61 Å². The molecule has 5 rings (SSSR count). The van der Waals surface area contributed by atoms with Crippen LogP contribution >= 0.6 is 0 Å². The molecule has 0 aliphatic carbocycles. The maximum Gasteiger partial charge on any atom is 0.119 e. The number of aryl methyl sites for hydroxylation is 1. The van der Waals surface area contributed by atoms with E-state index in [9.17, 15) is 15.3 Å². The Balaban J connectivity index is 1.55. The molecule has 0 radical (unpaired) electrons. The first-order valence-electron chi connectivity index (χ1n) is 12.6. The highest BCUT2D eigenvalue weighted by atomic mass is 16.5. The Morgan fingerprint density at radius 2 is 0.868 bits per heavy atom. The van der Waals surface area contributed by atoms with Gasteiger partial charge in [-0.25, -0.2) is 0 Å². The molecule has 0 spiro atoms. The van der Waals surface area contributed by atoms with Crippen molar-refractivity contribution in [2.45, 2.75) is 25.4 Å². The van der Waals surface area contributed by atoms with Crippen LogP contribution in [0.1, 0.15) is 45.2 Å². The van der Waals surface area contributed by atoms with Gasteiger partial charge in [-0.15, -0.1) is 0 Å². The van der Waals surface area contributed by atoms with Crippen LogP contribution in [-0.4, -0.2) is 15.3 Å². The molecular weight excluding hydrogens is 472 g/mol. The van der Waals surface area contributed by atoms with E-state index < -0.39 is 0 Å². The largest absolute Gasteiger partial charge is 0.508 e. The summed E-state index contributed by atoms with van der Waals surface area (Å²) in [6.45, 7) is 2.58. The third-order valence-electron chi connectivity index (χ3n) is 6.98. The maximum absolute atomic E-state index is 9.98. The number of hydrogen-bond acceptors (Lipinski definition) is 4. The molecule has 38 heavy (non-hydrogen) atoms. The van der Waals surface area contributed by atoms with E-state index in [1.54, 1.807) is 36.4 Å². The van der Waals surface area contributed by atoms with Crippen molar-refractivity contribution in [3.8, 4) is 23.0 Å². The molecule has 0 aromatic heterocycles. The molecular formula is C34H30O4. The van der Waals surface area contributed by atoms with Crippen molar-refractivity contribution in [3.63, 3.8) is 0 Å². The zero-order chi connectivity index (χ0) is 26.5. The number of hydrogen-bond donors (Lipinski definition) is 3. The topological polar surface area (TPSA) is 69.9 Å². The monoisotopic (exact) mass is 502 g/mol. The summed E-state index contributed by atoms with van der Waals surface area (Å²) in [6.07, 6.45) is 0. The van der Waals surface area contributed by atoms with Crippen LogP contribution in [0.5, 0.6) is 23.0 Å². The van der Waals surface area contributed by atoms with E-state index in [1.807, 2.05) is 60.7 Å². The average Bonchev–Trinajstić information content (AvgIpc) is 2.94. The molecule has 1 unspecified atom stereocenters. The van der Waals surface area contributed by atoms with Crippen molar-refractivity contribution in [1.82, 2.24) is 0 Å². The summed E-state index contributed by atoms with van der Waals surface area (Å²) in [7, 11) is 0. The molecule has 190 valence electrons. The second-order valence-electron chi connectivity index (χ2n) is 9.51. The molecule has 0 heterocycles. The van der Waals surface area contributed by atoms with Gasteiger partial charge >= 0.3 is 0 Å². The normalized spacial score (nSPS) is 11.8. The van der Waals surface area contributed by atoms with Crippen molar-refractivity contribution in [2.75, 3.05) is 0 Å². The summed E-state index contributed by atoms with van der Waals surface area (Å²) in [5.41, 5.74) is 6.49. The van der Waals surface area contributed by atoms with E-state index in [1.165, 1.54) is 5.56 Å². The molecule has 5 aromatic carbocycles. The SMILES string of the molecule is Cc1ccccc1COc1ccc(C(c2ccc(O)cc2)C(c2ccc(O)cc2)c2ccc(O)cc2)cc1. The maximum atomic E-state index is 9.98. The Morgan fingerprint density at radius 1 is 0.500 bits per heavy atom. The van der Waals surface area contributed by atoms with Gasteiger partial charge in [0.05, 0.1) is 0 Å². The molecule has 0 aliphatic heterocycles. The van der Waals surface area contributed by atoms with Crippen molar-refractivity contribution in [3.05, 3.63) is 155 Å². The molecule has 1 atom stereocenters. The molecule has 0 amide bonds. The second-order valence-corrected chi connectivity index (χ2v) is 9.51. The predicted octanol–water partition coefficient (Wildman–Crippen LogP) is 7.65. The van der Waals surface area contributed by atoms with Crippen molar-refractivity contribution < 1.29 is 20.1 Å². The number of aromatic hydroxyl groups is 3. The van der Waals surface area contributed by atoms with Crippen molar-refractivity contribution in [1.29, 1.82) is 0 Å². The summed E-state index contributed by atoms with van der Waals surface area (Å²) in [5.74, 6) is 1.16. The fourth-order valence-corrected chi connectivity index (χ4v) is 4.90. The standard InChI is InChI=1S/C34H30O4/c1-23-4-2-3-5-28(23)22-38-32-20-12-27(13-21-32)34(26-10-18-31(37)19-11-26)33(24-6-14-29(35)15-7-24)25-8-16-30(36)17-9-25/h2-21,33-37H,22H2,1H3. The van der Waals surface area contributed by atoms with Crippen LogP contribution in [-0.2, 0) is 6.61 Å². The summed E-state index contributed by atoms with van der Waals surface area (Å²) >= 11 is 0. The van der Waals surface area contributed by atoms with Crippen LogP contribution in [0.2, 0.25) is 0 Å². The lowest BCUT2D eigenvalue weighted by atomic mass is 9.73. The summed E-state index contributed by atoms with van der Waals surface area (Å²) in [5, 5.41) is 29.9. The number of phenolic OH excluding ortho intramolecular Hbond substituents is 3. The van der Waals surface area contributed by atoms with Crippen molar-refractivity contribution in [2.24, 2.45) is 0 Å². The zero-order valence-corrected chi connectivity index (χ0v) is 21.2. The Hall–Kier alpha value is -4.70. The molecule has 5 aromatic rings. The van der Waals surface area contributed by atoms with E-state index >= 15 is 0 Å². The minimum atomic E-state index is -0.125. The zero-order valence-electron chi connectivity index (χ0n) is 21.2. The molecule has 0 saturated heterocycles. The van der Waals surface area contributed by atoms with Gasteiger partial charge in [-0.3, -0.25) is 0 Å². The first kappa shape index (κ1) is 25.0. The van der Waals surface area contributed by atoms with E-state index in [4.69, 9.17) is 4.74 Å². The van der Waals surface area contributed by atoms with Crippen LogP contribution in [0.3, 0.4) is 0 Å². The lowest BCUT2D eigenvalue weighted by Crippen LogP contribution is -2.15. The molecule has 4 heteroatoms. The van der Waals surface area contributed by atoms with Crippen LogP contribution in [0.4, 0.5) is 0 Å². The summed E-state index contributed by atoms with van der Waals surface area (Å²) in [6, 6.07) is 38.1. The van der Waals surface area contributed by atoms with Gasteiger partial charge < -0.3 is 20.1 Å². The van der Waals surface area contributed by atoms with E-state index in [0.717, 1.165) is 33.6 Å². The minimum absolute atomic E-state index is 0.116. The highest BCUT2D eigenvalue weighted by molar-refractivity contribution is 5.48. The summed E-state index contributed by atoms with van der Waals surface area (Å²) < 4.78 is 6.10. The first-order chi connectivity index (χ1) is 18.5. The van der Waals surface area contributed by atoms with Crippen molar-refractivity contribution >= 4 is 0 Å². The van der Waals surface area contributed by atoms with Crippen LogP contribution in [0.25, 0.3) is 0 Å². The Bertz CT molecular complexity index is 1430. The second kappa shape index (κ2) is 11.1. The van der Waals surface area contributed by atoms with Gasteiger partial charge in [-0.2, -0.15) is 0 Å². The number of benzene rings is 5. The van der Waals surface area contributed by atoms with Gasteiger partial charge in [0.2, 0.25) is 0 Å². The van der Waals surface area contributed by atoms with Crippen LogP contribution in [0, 0.1) is 6.92 Å². The van der Waals surface area contributed by atoms with Crippen LogP contribution in [0.15, 0.2) is 121 Å². The average molecular weight is 503 g/mol. The first-order valence-corrected chi connectivity index (χ1v) is 12.6. The molecule has 0 saturated carbocycles. The molecule has 0 fully saturated rings. The molecule has 4 nitrogen and oxygen atoms in total. The third kappa shape index (κ3) is 5.65. The van der Waals surface area contributed by atoms with E-state index in [2.05, 4.69) is 31.2 Å². The fraction of sp³-hybridized carbons (Fsp3) is 0.118. The minimum Gasteiger partial charge on any atom is -0.508 e. The highest BCUT2D eigenvalue weighted by Crippen LogP contribution is 2.44. The number of rotatable bonds is 8.